The van der Waals surface area contributed by atoms with Crippen molar-refractivity contribution in [1.29, 1.82) is 0 Å². The van der Waals surface area contributed by atoms with Crippen LogP contribution in [0.5, 0.6) is 11.5 Å². The third-order valence-electron chi connectivity index (χ3n) is 22.4. The van der Waals surface area contributed by atoms with Crippen LogP contribution in [0.4, 0.5) is 17.1 Å². The minimum absolute atomic E-state index is 0.521. The maximum absolute atomic E-state index is 10.7. The molecule has 7 N–H and O–H groups in total. The molecule has 135 heavy (non-hydrogen) atoms. The highest BCUT2D eigenvalue weighted by Crippen LogP contribution is 2.46. The summed E-state index contributed by atoms with van der Waals surface area (Å²) >= 11 is 19.6. The molecule has 0 saturated carbocycles. The predicted octanol–water partition coefficient (Wildman–Crippen LogP) is 32.0. The van der Waals surface area contributed by atoms with Gasteiger partial charge in [-0.2, -0.15) is 0 Å². The number of furan rings is 5. The third-order valence-corrected chi connectivity index (χ3v) is 27.7. The molecule has 9 aromatic heterocycles. The third kappa shape index (κ3) is 19.9. The van der Waals surface area contributed by atoms with Gasteiger partial charge in [0.05, 0.1) is 41.3 Å². The number of fused-ring (bicyclic) bond motifs is 19. The SMILES string of the molecule is Brc1ccc2ncc3oc4ccccc4c3c2c1.C=O.Nc1ccc(Br)cc1-c1coc2ccccc12.Nc1ccc(Br)cc1I.O=CNc1ccc(Br)cc1-c1coc2ccccc12.O[B]Oc1cccc(-c2cccc3c2sc2ccccc23)c1.O[B]Oc1coc2ccccc12.c1cc(-c2ccc3ncc4oc5ccccc5c4c3c2)cc(-c2cccc3c2sc2ccccc23)c1. The van der Waals surface area contributed by atoms with Crippen molar-refractivity contribution >= 4 is 294 Å². The van der Waals surface area contributed by atoms with E-state index in [0.29, 0.717) is 33.3 Å². The number of carbonyl (C=O) groups is 2. The fourth-order valence-corrected chi connectivity index (χ4v) is 21.1. The van der Waals surface area contributed by atoms with Gasteiger partial charge in [0, 0.05) is 144 Å². The molecule has 0 unspecified atom stereocenters. The lowest BCUT2D eigenvalue weighted by Gasteiger charge is -2.09. The topological polar surface area (TPSA) is 249 Å². The summed E-state index contributed by atoms with van der Waals surface area (Å²) in [6.07, 6.45) is 9.23. The fourth-order valence-electron chi connectivity index (χ4n) is 16.3. The maximum atomic E-state index is 10.7. The highest BCUT2D eigenvalue weighted by atomic mass is 127. The zero-order chi connectivity index (χ0) is 93.0. The van der Waals surface area contributed by atoms with Gasteiger partial charge < -0.3 is 63.0 Å². The second-order valence-electron chi connectivity index (χ2n) is 30.4. The molecular weight excluding hydrogens is 2100 g/mol. The van der Waals surface area contributed by atoms with Crippen LogP contribution in [-0.2, 0) is 9.59 Å². The number of nitrogens with two attached hydrogens (primary N) is 2. The molecule has 2 radical (unpaired) electrons. The van der Waals surface area contributed by atoms with Crippen LogP contribution >= 0.6 is 109 Å². The van der Waals surface area contributed by atoms with Crippen molar-refractivity contribution in [2.24, 2.45) is 0 Å². The molecule has 0 atom stereocenters. The van der Waals surface area contributed by atoms with Gasteiger partial charge in [-0.3, -0.25) is 14.8 Å². The molecule has 25 heteroatoms. The lowest BCUT2D eigenvalue weighted by Crippen LogP contribution is -1.99. The van der Waals surface area contributed by atoms with Crippen LogP contribution in [0, 0.1) is 3.57 Å². The summed E-state index contributed by atoms with van der Waals surface area (Å²) in [4.78, 5) is 27.8. The highest BCUT2D eigenvalue weighted by Gasteiger charge is 2.20. The molecule has 0 spiro atoms. The Hall–Kier alpha value is -14.0. The molecule has 16 nitrogen and oxygen atoms in total. The number of benzene rings is 16. The molecule has 0 bridgehead atoms. The molecule has 0 saturated heterocycles. The number of pyridine rings is 2. The van der Waals surface area contributed by atoms with Gasteiger partial charge in [0.2, 0.25) is 6.41 Å². The lowest BCUT2D eigenvalue weighted by atomic mass is 9.96. The average Bonchev–Trinajstić information content (AvgIpc) is 1.59. The van der Waals surface area contributed by atoms with E-state index in [9.17, 15) is 4.79 Å². The van der Waals surface area contributed by atoms with Gasteiger partial charge in [0.15, 0.2) is 11.2 Å². The average molecular weight is 2170 g/mol. The van der Waals surface area contributed by atoms with Crippen LogP contribution in [0.1, 0.15) is 0 Å². The zero-order valence-electron chi connectivity index (χ0n) is 71.1. The van der Waals surface area contributed by atoms with E-state index in [1.165, 1.54) is 74.4 Å². The Labute approximate surface area is 829 Å². The minimum Gasteiger partial charge on any atom is -0.537 e. The Bertz CT molecular complexity index is 8660. The number of carbonyl (C=O) groups excluding carboxylic acids is 2. The molecule has 16 aromatic carbocycles. The van der Waals surface area contributed by atoms with Crippen LogP contribution in [0.2, 0.25) is 0 Å². The van der Waals surface area contributed by atoms with Crippen molar-refractivity contribution in [3.05, 3.63) is 398 Å². The van der Waals surface area contributed by atoms with E-state index in [2.05, 4.69) is 259 Å². The number of amides is 1. The van der Waals surface area contributed by atoms with Gasteiger partial charge >= 0.3 is 15.4 Å². The van der Waals surface area contributed by atoms with Crippen LogP contribution < -0.4 is 26.1 Å². The van der Waals surface area contributed by atoms with Crippen molar-refractivity contribution in [2.45, 2.75) is 0 Å². The van der Waals surface area contributed by atoms with Gasteiger partial charge in [0.1, 0.15) is 52.5 Å². The number of hydrogen-bond acceptors (Lipinski definition) is 17. The number of aromatic nitrogens is 2. The number of para-hydroxylation sites is 5. The Morgan fingerprint density at radius 2 is 0.778 bits per heavy atom. The number of thiophene rings is 2. The molecule has 0 aliphatic rings. The minimum atomic E-state index is 0.521. The number of hydrogen-bond donors (Lipinski definition) is 5. The Morgan fingerprint density at radius 3 is 1.34 bits per heavy atom. The van der Waals surface area contributed by atoms with E-state index in [0.717, 1.165) is 165 Å². The van der Waals surface area contributed by atoms with E-state index in [1.54, 1.807) is 30.1 Å². The van der Waals surface area contributed by atoms with Crippen molar-refractivity contribution in [1.82, 2.24) is 9.97 Å². The maximum Gasteiger partial charge on any atom is 0.569 e. The molecule has 0 aliphatic heterocycles. The second-order valence-corrected chi connectivity index (χ2v) is 37.4. The summed E-state index contributed by atoms with van der Waals surface area (Å²) in [6.45, 7) is 2.00. The van der Waals surface area contributed by atoms with Crippen molar-refractivity contribution < 1.29 is 51.0 Å². The van der Waals surface area contributed by atoms with Crippen molar-refractivity contribution in [3.63, 3.8) is 0 Å². The number of nitrogens with one attached hydrogen (secondary N) is 1. The summed E-state index contributed by atoms with van der Waals surface area (Å²) < 4.78 is 48.4. The van der Waals surface area contributed by atoms with Crippen LogP contribution in [0.25, 0.3) is 195 Å². The van der Waals surface area contributed by atoms with Gasteiger partial charge in [-0.05, 0) is 208 Å². The van der Waals surface area contributed by atoms with Gasteiger partial charge in [-0.25, -0.2) is 0 Å². The number of nitrogens with zero attached hydrogens (tertiary/aromatic N) is 2. The van der Waals surface area contributed by atoms with Crippen LogP contribution in [0.15, 0.2) is 417 Å². The molecule has 25 rings (SSSR count). The number of nitrogen functional groups attached to an aromatic ring is 2. The molecule has 9 heterocycles. The van der Waals surface area contributed by atoms with E-state index in [1.807, 2.05) is 212 Å². The van der Waals surface area contributed by atoms with Crippen molar-refractivity contribution in [2.75, 3.05) is 16.8 Å². The van der Waals surface area contributed by atoms with Crippen LogP contribution in [0.3, 0.4) is 0 Å². The monoisotopic (exact) mass is 2170 g/mol. The van der Waals surface area contributed by atoms with E-state index < -0.39 is 0 Å². The first-order valence-corrected chi connectivity index (χ1v) is 47.8. The van der Waals surface area contributed by atoms with Gasteiger partial charge in [-0.1, -0.05) is 258 Å². The zero-order valence-corrected chi connectivity index (χ0v) is 81.2. The summed E-state index contributed by atoms with van der Waals surface area (Å²) in [5, 5.41) is 34.9. The summed E-state index contributed by atoms with van der Waals surface area (Å²) in [5.74, 6) is 1.14. The summed E-state index contributed by atoms with van der Waals surface area (Å²) in [6, 6.07) is 116. The fraction of sp³-hybridized carbons (Fsp3) is 0. The van der Waals surface area contributed by atoms with Crippen molar-refractivity contribution in [3.8, 4) is 67.1 Å². The molecule has 0 aliphatic carbocycles. The Kier molecular flexibility index (Phi) is 28.5. The van der Waals surface area contributed by atoms with E-state index in [4.69, 9.17) is 57.7 Å². The van der Waals surface area contributed by atoms with E-state index >= 15 is 0 Å². The number of rotatable bonds is 11. The quantitative estimate of drug-likeness (QED) is 0.0350. The molecular formula is C110H72B2Br4IN5O11S2. The molecule has 1 amide bonds. The van der Waals surface area contributed by atoms with Gasteiger partial charge in [0.25, 0.3) is 0 Å². The molecule has 656 valence electrons. The predicted molar refractivity (Wildman–Crippen MR) is 579 cm³/mol. The first kappa shape index (κ1) is 91.5. The standard InChI is InChI=1S/C33H19NOS.C18H12BO2S.C15H10BrNO2.C15H8BrNO.C14H10BrNO.C8H6BO3.C6H5BrIN.CH2O/c1-3-13-29-26(10-1)32-27-18-21(15-16-28(27)34-19-30(32)35-29)20-7-5-8-22(17-20)23-11-6-12-25-24-9-2-4-14-31(24)36-33(23)25;20-19-21-13-6-3-5-12(11-13)14-8-4-9-16-15-7-1-2-10-17(15)22-18(14)16;16-10-5-6-14(17-9-18)12(7-10)13-8-19-15-4-2-1-3-11(13)15;16-9-5-6-12-11(7-9)15-10-3-1-2-4-13(10)18-14(15)8-17-12;15-9-5-6-13(16)11(7-9)12-8-17-14-4-2-1-3-10(12)14;10-9-12-8-5-11-7-4-2-1-3-6(7)8;7-4-1-2-6(9)5(8)3-4;1-2/h1-19H;1-11,20H;1-9H,(H,17,18);1-8H;1-8H,16H2;1-5,10H;1-3H,9H2;1H2. The first-order chi connectivity index (χ1) is 66.2. The number of anilines is 3. The molecule has 25 aromatic rings. The smallest absolute Gasteiger partial charge is 0.537 e. The highest BCUT2D eigenvalue weighted by molar-refractivity contribution is 14.1. The first-order valence-electron chi connectivity index (χ1n) is 42.0. The Morgan fingerprint density at radius 1 is 0.356 bits per heavy atom. The largest absolute Gasteiger partial charge is 0.569 e. The van der Waals surface area contributed by atoms with Crippen LogP contribution in [-0.4, -0.2) is 48.6 Å². The van der Waals surface area contributed by atoms with E-state index in [-0.39, 0.29) is 0 Å². The lowest BCUT2D eigenvalue weighted by molar-refractivity contribution is -0.105. The number of halogens is 5. The summed E-state index contributed by atoms with van der Waals surface area (Å²) in [5.41, 5.74) is 32.8. The second kappa shape index (κ2) is 42.1. The Balaban J connectivity index is 0.000000109. The molecule has 0 fully saturated rings. The van der Waals surface area contributed by atoms with Gasteiger partial charge in [-0.15, -0.1) is 22.7 Å². The summed E-state index contributed by atoms with van der Waals surface area (Å²) in [7, 11) is 1.34. The normalized spacial score (nSPS) is 10.9.